The van der Waals surface area contributed by atoms with Gasteiger partial charge < -0.3 is 10.0 Å². The summed E-state index contributed by atoms with van der Waals surface area (Å²) in [6.45, 7) is 1.82. The van der Waals surface area contributed by atoms with E-state index in [1.165, 1.54) is 11.1 Å². The molecule has 1 aliphatic carbocycles. The summed E-state index contributed by atoms with van der Waals surface area (Å²) >= 11 is 0. The van der Waals surface area contributed by atoms with E-state index >= 15 is 0 Å². The molecule has 2 saturated heterocycles. The van der Waals surface area contributed by atoms with Gasteiger partial charge in [-0.3, -0.25) is 9.59 Å². The quantitative estimate of drug-likeness (QED) is 0.629. The summed E-state index contributed by atoms with van der Waals surface area (Å²) < 4.78 is 0. The number of carboxylic acid groups (broad SMARTS) is 1. The van der Waals surface area contributed by atoms with E-state index in [1.807, 2.05) is 17.0 Å². The average molecular weight is 344 g/mol. The Hall–Kier alpha value is -1.96. The highest BCUT2D eigenvalue weighted by atomic mass is 16.4. The number of hydrogen-bond acceptors (Lipinski definition) is 5. The molecule has 4 rings (SSSR count). The number of aryl methyl sites for hydroxylation is 2. The maximum atomic E-state index is 13.0. The molecule has 1 amide bonds. The first kappa shape index (κ1) is 16.5. The Morgan fingerprint density at radius 1 is 1.20 bits per heavy atom. The van der Waals surface area contributed by atoms with Crippen molar-refractivity contribution in [2.45, 2.75) is 31.7 Å². The molecule has 7 nitrogen and oxygen atoms in total. The summed E-state index contributed by atoms with van der Waals surface area (Å²) in [5.41, 5.74) is 12.4. The molecule has 0 bridgehead atoms. The van der Waals surface area contributed by atoms with Gasteiger partial charge in [-0.1, -0.05) is 6.07 Å². The summed E-state index contributed by atoms with van der Waals surface area (Å²) in [5, 5.41) is 9.23. The van der Waals surface area contributed by atoms with E-state index in [-0.39, 0.29) is 30.2 Å². The van der Waals surface area contributed by atoms with Crippen molar-refractivity contribution in [3.8, 4) is 0 Å². The van der Waals surface area contributed by atoms with Crippen LogP contribution in [-0.4, -0.2) is 47.6 Å². The number of hydrazine groups is 2. The highest BCUT2D eigenvalue weighted by Crippen LogP contribution is 2.31. The minimum absolute atomic E-state index is 0.0199. The number of carbonyl (C=O) groups excluding carboxylic acids is 1. The summed E-state index contributed by atoms with van der Waals surface area (Å²) in [6, 6.07) is 6.15. The number of likely N-dealkylation sites (tertiary alicyclic amines) is 1. The molecule has 0 saturated carbocycles. The number of carboxylic acids is 1. The fourth-order valence-electron chi connectivity index (χ4n) is 4.46. The monoisotopic (exact) mass is 344 g/mol. The van der Waals surface area contributed by atoms with E-state index in [2.05, 4.69) is 22.5 Å². The van der Waals surface area contributed by atoms with Crippen molar-refractivity contribution in [3.05, 3.63) is 34.9 Å². The smallest absolute Gasteiger partial charge is 0.303 e. The lowest BCUT2D eigenvalue weighted by Gasteiger charge is -2.22. The summed E-state index contributed by atoms with van der Waals surface area (Å²) in [4.78, 5) is 26.0. The number of rotatable bonds is 4. The van der Waals surface area contributed by atoms with Crippen LogP contribution in [-0.2, 0) is 17.6 Å². The minimum Gasteiger partial charge on any atom is -0.481 e. The van der Waals surface area contributed by atoms with E-state index in [4.69, 9.17) is 0 Å². The Morgan fingerprint density at radius 2 is 2.04 bits per heavy atom. The van der Waals surface area contributed by atoms with E-state index in [0.717, 1.165) is 31.4 Å². The third kappa shape index (κ3) is 3.27. The first-order valence-electron chi connectivity index (χ1n) is 8.98. The number of benzene rings is 1. The molecule has 0 aromatic heterocycles. The molecule has 3 aliphatic rings. The Labute approximate surface area is 146 Å². The highest BCUT2D eigenvalue weighted by molar-refractivity contribution is 5.94. The molecule has 2 heterocycles. The molecule has 3 atom stereocenters. The van der Waals surface area contributed by atoms with Crippen LogP contribution in [0, 0.1) is 11.8 Å². The highest BCUT2D eigenvalue weighted by Gasteiger charge is 2.41. The van der Waals surface area contributed by atoms with Gasteiger partial charge in [-0.05, 0) is 54.4 Å². The second-order valence-corrected chi connectivity index (χ2v) is 7.33. The number of aliphatic carboxylic acids is 1. The van der Waals surface area contributed by atoms with Crippen molar-refractivity contribution in [2.24, 2.45) is 11.8 Å². The standard InChI is InChI=1S/C18H24N4O3/c23-17(24)7-14-9-22(10-15(14)16-8-19-21-20-16)18(25)13-5-4-11-2-1-3-12(11)6-13/h4-6,14-16,19-21H,1-3,7-10H2,(H,23,24)/t14-,15+,16?/m1/s1. The fourth-order valence-corrected chi connectivity index (χ4v) is 4.46. The van der Waals surface area contributed by atoms with Crippen LogP contribution in [0.25, 0.3) is 0 Å². The van der Waals surface area contributed by atoms with Crippen molar-refractivity contribution in [2.75, 3.05) is 19.6 Å². The third-order valence-electron chi connectivity index (χ3n) is 5.75. The maximum Gasteiger partial charge on any atom is 0.303 e. The number of nitrogens with zero attached hydrogens (tertiary/aromatic N) is 1. The van der Waals surface area contributed by atoms with Gasteiger partial charge in [0.15, 0.2) is 0 Å². The van der Waals surface area contributed by atoms with Gasteiger partial charge in [0.1, 0.15) is 0 Å². The van der Waals surface area contributed by atoms with Gasteiger partial charge in [0.25, 0.3) is 5.91 Å². The fraction of sp³-hybridized carbons (Fsp3) is 0.556. The molecular formula is C18H24N4O3. The van der Waals surface area contributed by atoms with Gasteiger partial charge in [-0.25, -0.2) is 10.9 Å². The van der Waals surface area contributed by atoms with Crippen molar-refractivity contribution >= 4 is 11.9 Å². The van der Waals surface area contributed by atoms with Crippen LogP contribution in [0.5, 0.6) is 0 Å². The molecule has 4 N–H and O–H groups in total. The van der Waals surface area contributed by atoms with Crippen molar-refractivity contribution in [3.63, 3.8) is 0 Å². The molecule has 0 spiro atoms. The third-order valence-corrected chi connectivity index (χ3v) is 5.75. The largest absolute Gasteiger partial charge is 0.481 e. The molecule has 2 aliphatic heterocycles. The Morgan fingerprint density at radius 3 is 2.80 bits per heavy atom. The molecule has 7 heteroatoms. The van der Waals surface area contributed by atoms with Gasteiger partial charge in [0.2, 0.25) is 0 Å². The van der Waals surface area contributed by atoms with Crippen molar-refractivity contribution in [1.82, 2.24) is 21.3 Å². The van der Waals surface area contributed by atoms with Crippen LogP contribution >= 0.6 is 0 Å². The molecule has 2 fully saturated rings. The normalized spacial score (nSPS) is 28.3. The summed E-state index contributed by atoms with van der Waals surface area (Å²) in [6.07, 6.45) is 3.40. The van der Waals surface area contributed by atoms with Gasteiger partial charge in [0.05, 0.1) is 6.42 Å². The minimum atomic E-state index is -0.805. The predicted octanol–water partition coefficient (Wildman–Crippen LogP) is 0.319. The first-order chi connectivity index (χ1) is 12.1. The van der Waals surface area contributed by atoms with E-state index < -0.39 is 5.97 Å². The van der Waals surface area contributed by atoms with E-state index in [9.17, 15) is 14.7 Å². The van der Waals surface area contributed by atoms with Crippen LogP contribution in [0.2, 0.25) is 0 Å². The van der Waals surface area contributed by atoms with E-state index in [0.29, 0.717) is 13.1 Å². The molecule has 0 radical (unpaired) electrons. The molecule has 1 aromatic carbocycles. The summed E-state index contributed by atoms with van der Waals surface area (Å²) in [5.74, 6) is -0.695. The first-order valence-corrected chi connectivity index (χ1v) is 8.98. The van der Waals surface area contributed by atoms with Gasteiger partial charge in [-0.2, -0.15) is 5.53 Å². The number of carbonyl (C=O) groups is 2. The second kappa shape index (κ2) is 6.74. The average Bonchev–Trinajstić information content (AvgIpc) is 3.32. The van der Waals surface area contributed by atoms with E-state index in [1.54, 1.807) is 0 Å². The Kier molecular flexibility index (Phi) is 4.45. The van der Waals surface area contributed by atoms with Crippen molar-refractivity contribution < 1.29 is 14.7 Å². The van der Waals surface area contributed by atoms with Gasteiger partial charge >= 0.3 is 5.97 Å². The Bertz CT molecular complexity index is 687. The molecule has 1 aromatic rings. The van der Waals surface area contributed by atoms with Crippen molar-refractivity contribution in [1.29, 1.82) is 0 Å². The molecule has 1 unspecified atom stereocenters. The predicted molar refractivity (Wildman–Crippen MR) is 91.7 cm³/mol. The van der Waals surface area contributed by atoms with Crippen LogP contribution in [0.4, 0.5) is 0 Å². The number of nitrogens with one attached hydrogen (secondary N) is 3. The van der Waals surface area contributed by atoms with Crippen LogP contribution in [0.15, 0.2) is 18.2 Å². The van der Waals surface area contributed by atoms with Gasteiger partial charge in [0, 0.05) is 31.2 Å². The maximum absolute atomic E-state index is 13.0. The molecule has 134 valence electrons. The Balaban J connectivity index is 1.51. The second-order valence-electron chi connectivity index (χ2n) is 7.33. The topological polar surface area (TPSA) is 93.7 Å². The number of amides is 1. The number of fused-ring (bicyclic) bond motifs is 1. The van der Waals surface area contributed by atoms with Gasteiger partial charge in [-0.15, -0.1) is 0 Å². The lowest BCUT2D eigenvalue weighted by atomic mass is 9.87. The number of hydrogen-bond donors (Lipinski definition) is 4. The van der Waals surface area contributed by atoms with Crippen LogP contribution in [0.1, 0.15) is 34.3 Å². The molecular weight excluding hydrogens is 320 g/mol. The van der Waals surface area contributed by atoms with Crippen LogP contribution in [0.3, 0.4) is 0 Å². The molecule has 25 heavy (non-hydrogen) atoms. The summed E-state index contributed by atoms with van der Waals surface area (Å²) in [7, 11) is 0. The van der Waals surface area contributed by atoms with Crippen LogP contribution < -0.4 is 16.4 Å². The zero-order valence-corrected chi connectivity index (χ0v) is 14.1. The zero-order chi connectivity index (χ0) is 17.4. The zero-order valence-electron chi connectivity index (χ0n) is 14.1. The SMILES string of the molecule is O=C(O)C[C@@H]1CN(C(=O)c2ccc3c(c2)CCC3)C[C@@H]1C1CNNN1. The lowest BCUT2D eigenvalue weighted by Crippen LogP contribution is -2.41. The lowest BCUT2D eigenvalue weighted by molar-refractivity contribution is -0.138.